The van der Waals surface area contributed by atoms with Gasteiger partial charge < -0.3 is 9.84 Å². The number of carbonyl (C=O) groups is 1. The molecule has 28 heavy (non-hydrogen) atoms. The van der Waals surface area contributed by atoms with Gasteiger partial charge in [-0.15, -0.1) is 0 Å². The molecule has 1 N–H and O–H groups in total. The molecule has 0 spiro atoms. The van der Waals surface area contributed by atoms with E-state index in [1.807, 2.05) is 54.6 Å². The largest absolute Gasteiger partial charge is 0.344 e. The highest BCUT2D eigenvalue weighted by atomic mass is 79.9. The highest BCUT2D eigenvalue weighted by Gasteiger charge is 2.26. The molecule has 2 atom stereocenters. The van der Waals surface area contributed by atoms with E-state index in [-0.39, 0.29) is 17.9 Å². The van der Waals surface area contributed by atoms with Gasteiger partial charge in [0.05, 0.1) is 0 Å². The normalized spacial score (nSPS) is 13.1. The van der Waals surface area contributed by atoms with E-state index in [0.717, 1.165) is 22.0 Å². The second-order valence-corrected chi connectivity index (χ2v) is 7.80. The molecule has 5 nitrogen and oxygen atoms in total. The number of benzene rings is 2. The lowest BCUT2D eigenvalue weighted by molar-refractivity contribution is -0.122. The average molecular weight is 442 g/mol. The van der Waals surface area contributed by atoms with Gasteiger partial charge in [-0.1, -0.05) is 71.7 Å². The molecule has 0 aliphatic heterocycles. The molecule has 2 aromatic carbocycles. The van der Waals surface area contributed by atoms with E-state index in [1.54, 1.807) is 0 Å². The van der Waals surface area contributed by atoms with Crippen molar-refractivity contribution in [2.24, 2.45) is 5.92 Å². The molecule has 0 radical (unpaired) electrons. The van der Waals surface area contributed by atoms with Crippen molar-refractivity contribution in [3.8, 4) is 11.4 Å². The average Bonchev–Trinajstić information content (AvgIpc) is 3.21. The minimum absolute atomic E-state index is 0.0162. The van der Waals surface area contributed by atoms with Crippen molar-refractivity contribution >= 4 is 21.8 Å². The summed E-state index contributed by atoms with van der Waals surface area (Å²) in [7, 11) is 0. The lowest BCUT2D eigenvalue weighted by Gasteiger charge is -2.20. The molecule has 0 aliphatic carbocycles. The summed E-state index contributed by atoms with van der Waals surface area (Å²) < 4.78 is 6.50. The smallest absolute Gasteiger partial charge is 0.249 e. The first-order valence-corrected chi connectivity index (χ1v) is 10.3. The van der Waals surface area contributed by atoms with Crippen LogP contribution in [0.15, 0.2) is 63.6 Å². The molecular formula is C22H24BrN3O2. The Hall–Kier alpha value is -2.47. The first-order chi connectivity index (χ1) is 13.6. The molecule has 146 valence electrons. The van der Waals surface area contributed by atoms with E-state index < -0.39 is 0 Å². The van der Waals surface area contributed by atoms with Crippen LogP contribution >= 0.6 is 15.9 Å². The van der Waals surface area contributed by atoms with E-state index in [9.17, 15) is 4.79 Å². The van der Waals surface area contributed by atoms with E-state index in [0.29, 0.717) is 24.6 Å². The van der Waals surface area contributed by atoms with Crippen molar-refractivity contribution in [2.45, 2.75) is 39.2 Å². The van der Waals surface area contributed by atoms with Crippen LogP contribution in [-0.4, -0.2) is 16.0 Å². The minimum Gasteiger partial charge on any atom is -0.344 e. The summed E-state index contributed by atoms with van der Waals surface area (Å²) in [6, 6.07) is 17.4. The quantitative estimate of drug-likeness (QED) is 0.512. The lowest BCUT2D eigenvalue weighted by atomic mass is 9.98. The molecule has 6 heteroatoms. The van der Waals surface area contributed by atoms with Gasteiger partial charge in [-0.25, -0.2) is 0 Å². The summed E-state index contributed by atoms with van der Waals surface area (Å²) in [6.45, 7) is 4.16. The molecule has 1 amide bonds. The van der Waals surface area contributed by atoms with Crippen LogP contribution in [0.1, 0.15) is 44.2 Å². The Morgan fingerprint density at radius 2 is 1.86 bits per heavy atom. The fourth-order valence-electron chi connectivity index (χ4n) is 2.91. The molecule has 1 heterocycles. The van der Waals surface area contributed by atoms with Gasteiger partial charge in [0.1, 0.15) is 6.04 Å². The summed E-state index contributed by atoms with van der Waals surface area (Å²) in [4.78, 5) is 17.1. The van der Waals surface area contributed by atoms with Gasteiger partial charge in [0, 0.05) is 16.5 Å². The third-order valence-corrected chi connectivity index (χ3v) is 5.35. The van der Waals surface area contributed by atoms with Crippen molar-refractivity contribution in [1.82, 2.24) is 15.5 Å². The van der Waals surface area contributed by atoms with Gasteiger partial charge in [-0.2, -0.15) is 4.98 Å². The minimum atomic E-state index is -0.301. The Morgan fingerprint density at radius 1 is 1.14 bits per heavy atom. The van der Waals surface area contributed by atoms with Crippen molar-refractivity contribution in [3.63, 3.8) is 0 Å². The van der Waals surface area contributed by atoms with Gasteiger partial charge in [0.15, 0.2) is 0 Å². The Morgan fingerprint density at radius 3 is 2.54 bits per heavy atom. The molecule has 0 saturated heterocycles. The predicted molar refractivity (Wildman–Crippen MR) is 113 cm³/mol. The van der Waals surface area contributed by atoms with Crippen LogP contribution in [0.2, 0.25) is 0 Å². The number of hydrogen-bond donors (Lipinski definition) is 1. The van der Waals surface area contributed by atoms with Crippen LogP contribution in [0.5, 0.6) is 0 Å². The van der Waals surface area contributed by atoms with E-state index >= 15 is 0 Å². The monoisotopic (exact) mass is 441 g/mol. The number of rotatable bonds is 8. The number of carbonyl (C=O) groups excluding carboxylic acids is 1. The molecule has 0 bridgehead atoms. The van der Waals surface area contributed by atoms with E-state index in [1.165, 1.54) is 0 Å². The van der Waals surface area contributed by atoms with Gasteiger partial charge in [-0.05, 0) is 42.2 Å². The van der Waals surface area contributed by atoms with Crippen LogP contribution in [0, 0.1) is 5.92 Å². The van der Waals surface area contributed by atoms with Crippen LogP contribution in [0.25, 0.3) is 11.4 Å². The number of halogens is 1. The second kappa shape index (κ2) is 9.64. The first kappa shape index (κ1) is 20.3. The van der Waals surface area contributed by atoms with Crippen LogP contribution in [0.3, 0.4) is 0 Å². The van der Waals surface area contributed by atoms with Gasteiger partial charge >= 0.3 is 0 Å². The van der Waals surface area contributed by atoms with Gasteiger partial charge in [0.2, 0.25) is 17.6 Å². The summed E-state index contributed by atoms with van der Waals surface area (Å²) in [5, 5.41) is 7.19. The predicted octanol–water partition coefficient (Wildman–Crippen LogP) is 5.34. The fourth-order valence-corrected chi connectivity index (χ4v) is 3.17. The number of aromatic nitrogens is 2. The number of aryl methyl sites for hydroxylation is 1. The van der Waals surface area contributed by atoms with Gasteiger partial charge in [-0.3, -0.25) is 4.79 Å². The van der Waals surface area contributed by atoms with Crippen molar-refractivity contribution in [3.05, 3.63) is 70.5 Å². The fraction of sp³-hybridized carbons (Fsp3) is 0.318. The molecule has 0 saturated carbocycles. The summed E-state index contributed by atoms with van der Waals surface area (Å²) in [5.41, 5.74) is 2.02. The molecule has 0 aliphatic rings. The van der Waals surface area contributed by atoms with Crippen molar-refractivity contribution in [2.75, 3.05) is 0 Å². The third kappa shape index (κ3) is 5.29. The van der Waals surface area contributed by atoms with Gasteiger partial charge in [0.25, 0.3) is 0 Å². The zero-order valence-corrected chi connectivity index (χ0v) is 17.6. The zero-order chi connectivity index (χ0) is 19.9. The van der Waals surface area contributed by atoms with E-state index in [4.69, 9.17) is 4.52 Å². The SMILES string of the molecule is CCC(C)C(NC(=O)CCc1ccccc1)c1nc(-c2ccc(Br)cc2)no1. The summed E-state index contributed by atoms with van der Waals surface area (Å²) in [6.07, 6.45) is 2.01. The van der Waals surface area contributed by atoms with Crippen LogP contribution in [-0.2, 0) is 11.2 Å². The Bertz CT molecular complexity index is 894. The molecule has 1 aromatic heterocycles. The topological polar surface area (TPSA) is 68.0 Å². The maximum atomic E-state index is 12.5. The number of nitrogens with one attached hydrogen (secondary N) is 1. The standard InChI is InChI=1S/C22H24BrN3O2/c1-3-15(2)20(24-19(27)14-9-16-7-5-4-6-8-16)22-25-21(26-28-22)17-10-12-18(23)13-11-17/h4-8,10-13,15,20H,3,9,14H2,1-2H3,(H,24,27). The number of nitrogens with zero attached hydrogens (tertiary/aromatic N) is 2. The zero-order valence-electron chi connectivity index (χ0n) is 16.1. The second-order valence-electron chi connectivity index (χ2n) is 6.88. The molecule has 0 fully saturated rings. The summed E-state index contributed by atoms with van der Waals surface area (Å²) >= 11 is 3.42. The van der Waals surface area contributed by atoms with Crippen molar-refractivity contribution < 1.29 is 9.32 Å². The highest BCUT2D eigenvalue weighted by Crippen LogP contribution is 2.26. The summed E-state index contributed by atoms with van der Waals surface area (Å²) in [5.74, 6) is 1.13. The van der Waals surface area contributed by atoms with E-state index in [2.05, 4.69) is 45.2 Å². The molecule has 3 aromatic rings. The highest BCUT2D eigenvalue weighted by molar-refractivity contribution is 9.10. The molecular weight excluding hydrogens is 418 g/mol. The number of hydrogen-bond acceptors (Lipinski definition) is 4. The maximum absolute atomic E-state index is 12.5. The Balaban J connectivity index is 1.70. The van der Waals surface area contributed by atoms with Crippen molar-refractivity contribution in [1.29, 1.82) is 0 Å². The van der Waals surface area contributed by atoms with Crippen LogP contribution < -0.4 is 5.32 Å². The number of amides is 1. The first-order valence-electron chi connectivity index (χ1n) is 9.49. The molecule has 3 rings (SSSR count). The Kier molecular flexibility index (Phi) is 6.98. The van der Waals surface area contributed by atoms with Crippen LogP contribution in [0.4, 0.5) is 0 Å². The maximum Gasteiger partial charge on any atom is 0.249 e. The molecule has 2 unspecified atom stereocenters. The third-order valence-electron chi connectivity index (χ3n) is 4.82. The lowest BCUT2D eigenvalue weighted by Crippen LogP contribution is -2.32. The Labute approximate surface area is 173 Å².